The van der Waals surface area contributed by atoms with Gasteiger partial charge in [0.1, 0.15) is 6.54 Å². The van der Waals surface area contributed by atoms with Crippen LogP contribution in [0.3, 0.4) is 0 Å². The zero-order valence-electron chi connectivity index (χ0n) is 16.0. The van der Waals surface area contributed by atoms with E-state index in [-0.39, 0.29) is 17.2 Å². The molecule has 0 radical (unpaired) electrons. The highest BCUT2D eigenvalue weighted by Gasteiger charge is 2.40. The molecule has 0 aliphatic heterocycles. The third-order valence-corrected chi connectivity index (χ3v) is 6.44. The zero-order valence-corrected chi connectivity index (χ0v) is 18.4. The van der Waals surface area contributed by atoms with E-state index in [2.05, 4.69) is 20.9 Å². The molecule has 2 aromatic rings. The molecule has 1 aromatic heterocycles. The monoisotopic (exact) mass is 491 g/mol. The smallest absolute Gasteiger partial charge is 0.330 e. The molecular formula is C19H21BrF3N3O2S. The number of hydrogen-bond donors (Lipinski definition) is 0. The van der Waals surface area contributed by atoms with Gasteiger partial charge in [-0.2, -0.15) is 13.2 Å². The first-order valence-corrected chi connectivity index (χ1v) is 11.1. The fraction of sp³-hybridized carbons (Fsp3) is 0.526. The molecule has 1 amide bonds. The van der Waals surface area contributed by atoms with E-state index in [4.69, 9.17) is 0 Å². The van der Waals surface area contributed by atoms with E-state index in [1.54, 1.807) is 32.0 Å². The van der Waals surface area contributed by atoms with Crippen LogP contribution in [0.5, 0.6) is 0 Å². The molecule has 0 N–H and O–H groups in total. The number of carbonyl (C=O) groups excluding carboxylic acids is 1. The van der Waals surface area contributed by atoms with Crippen LogP contribution < -0.4 is 5.56 Å². The number of rotatable bonds is 7. The molecule has 1 fully saturated rings. The Bertz CT molecular complexity index is 976. The Kier molecular flexibility index (Phi) is 6.62. The summed E-state index contributed by atoms with van der Waals surface area (Å²) in [6.07, 6.45) is -2.77. The van der Waals surface area contributed by atoms with Gasteiger partial charge >= 0.3 is 6.18 Å². The van der Waals surface area contributed by atoms with Crippen molar-refractivity contribution in [2.24, 2.45) is 5.92 Å². The number of aromatic nitrogens is 2. The highest BCUT2D eigenvalue weighted by atomic mass is 79.9. The van der Waals surface area contributed by atoms with Crippen molar-refractivity contribution in [3.8, 4) is 0 Å². The van der Waals surface area contributed by atoms with Crippen molar-refractivity contribution >= 4 is 44.5 Å². The number of hydrogen-bond acceptors (Lipinski definition) is 4. The van der Waals surface area contributed by atoms with Gasteiger partial charge in [0.25, 0.3) is 5.56 Å². The van der Waals surface area contributed by atoms with Gasteiger partial charge in [-0.3, -0.25) is 14.2 Å². The van der Waals surface area contributed by atoms with E-state index in [1.165, 1.54) is 4.57 Å². The number of carbonyl (C=O) groups is 1. The summed E-state index contributed by atoms with van der Waals surface area (Å²) >= 11 is 4.33. The normalized spacial score (nSPS) is 15.5. The molecule has 0 saturated heterocycles. The van der Waals surface area contributed by atoms with Crippen molar-refractivity contribution in [2.75, 3.05) is 12.3 Å². The van der Waals surface area contributed by atoms with Gasteiger partial charge in [0.15, 0.2) is 5.16 Å². The predicted molar refractivity (Wildman–Crippen MR) is 110 cm³/mol. The molecule has 3 rings (SSSR count). The molecule has 1 unspecified atom stereocenters. The first-order valence-electron chi connectivity index (χ1n) is 9.30. The van der Waals surface area contributed by atoms with Crippen molar-refractivity contribution < 1.29 is 18.0 Å². The van der Waals surface area contributed by atoms with Crippen LogP contribution in [0.25, 0.3) is 10.9 Å². The molecule has 1 aliphatic rings. The third-order valence-electron chi connectivity index (χ3n) is 4.99. The molecule has 1 saturated carbocycles. The molecule has 10 heteroatoms. The van der Waals surface area contributed by atoms with Crippen molar-refractivity contribution in [3.63, 3.8) is 0 Å². The first-order chi connectivity index (χ1) is 13.6. The van der Waals surface area contributed by atoms with Crippen molar-refractivity contribution in [1.29, 1.82) is 0 Å². The number of benzene rings is 1. The predicted octanol–water partition coefficient (Wildman–Crippen LogP) is 4.46. The Hall–Kier alpha value is -1.55. The molecule has 29 heavy (non-hydrogen) atoms. The van der Waals surface area contributed by atoms with Crippen molar-refractivity contribution in [1.82, 2.24) is 14.5 Å². The number of halogens is 4. The SMILES string of the molecule is CCn1c(SCC(=O)N(CC(F)(F)F)C(C)C2CC2)nc2ccc(Br)cc2c1=O. The number of thioether (sulfide) groups is 1. The quantitative estimate of drug-likeness (QED) is 0.423. The molecule has 1 heterocycles. The minimum absolute atomic E-state index is 0.123. The highest BCUT2D eigenvalue weighted by Crippen LogP contribution is 2.36. The Morgan fingerprint density at radius 3 is 2.69 bits per heavy atom. The summed E-state index contributed by atoms with van der Waals surface area (Å²) in [5.74, 6) is -0.682. The van der Waals surface area contributed by atoms with Crippen LogP contribution in [0.15, 0.2) is 32.6 Å². The van der Waals surface area contributed by atoms with E-state index >= 15 is 0 Å². The second-order valence-corrected chi connectivity index (χ2v) is 8.97. The molecule has 1 aromatic carbocycles. The van der Waals surface area contributed by atoms with Crippen LogP contribution in [0.4, 0.5) is 13.2 Å². The van der Waals surface area contributed by atoms with Gasteiger partial charge in [0.2, 0.25) is 5.91 Å². The van der Waals surface area contributed by atoms with Crippen LogP contribution in [0.2, 0.25) is 0 Å². The first kappa shape index (κ1) is 22.1. The van der Waals surface area contributed by atoms with Gasteiger partial charge < -0.3 is 4.90 Å². The van der Waals surface area contributed by atoms with Gasteiger partial charge in [-0.05, 0) is 50.8 Å². The fourth-order valence-electron chi connectivity index (χ4n) is 3.26. The zero-order chi connectivity index (χ0) is 21.3. The summed E-state index contributed by atoms with van der Waals surface area (Å²) in [7, 11) is 0. The Balaban J connectivity index is 1.83. The van der Waals surface area contributed by atoms with E-state index < -0.39 is 24.7 Å². The Morgan fingerprint density at radius 1 is 1.41 bits per heavy atom. The molecular weight excluding hydrogens is 471 g/mol. The second kappa shape index (κ2) is 8.67. The number of nitrogens with zero attached hydrogens (tertiary/aromatic N) is 3. The van der Waals surface area contributed by atoms with Crippen LogP contribution >= 0.6 is 27.7 Å². The summed E-state index contributed by atoms with van der Waals surface area (Å²) in [5, 5.41) is 0.768. The number of alkyl halides is 3. The maximum absolute atomic E-state index is 13.0. The molecule has 158 valence electrons. The minimum Gasteiger partial charge on any atom is -0.330 e. The summed E-state index contributed by atoms with van der Waals surface area (Å²) in [6, 6.07) is 4.67. The average Bonchev–Trinajstić information content (AvgIpc) is 3.49. The Morgan fingerprint density at radius 2 is 2.10 bits per heavy atom. The molecule has 1 atom stereocenters. The summed E-state index contributed by atoms with van der Waals surface area (Å²) in [6.45, 7) is 2.53. The highest BCUT2D eigenvalue weighted by molar-refractivity contribution is 9.10. The molecule has 1 aliphatic carbocycles. The fourth-order valence-corrected chi connectivity index (χ4v) is 4.57. The van der Waals surface area contributed by atoms with Gasteiger partial charge in [-0.25, -0.2) is 4.98 Å². The van der Waals surface area contributed by atoms with Crippen molar-refractivity contribution in [3.05, 3.63) is 33.0 Å². The largest absolute Gasteiger partial charge is 0.406 e. The van der Waals surface area contributed by atoms with E-state index in [1.807, 2.05) is 0 Å². The number of amides is 1. The van der Waals surface area contributed by atoms with Gasteiger partial charge in [-0.15, -0.1) is 0 Å². The lowest BCUT2D eigenvalue weighted by atomic mass is 10.2. The van der Waals surface area contributed by atoms with E-state index in [9.17, 15) is 22.8 Å². The molecule has 5 nitrogen and oxygen atoms in total. The minimum atomic E-state index is -4.45. The maximum atomic E-state index is 13.0. The lowest BCUT2D eigenvalue weighted by Crippen LogP contribution is -2.46. The summed E-state index contributed by atoms with van der Waals surface area (Å²) in [4.78, 5) is 30.8. The van der Waals surface area contributed by atoms with Gasteiger partial charge in [0.05, 0.1) is 16.7 Å². The lowest BCUT2D eigenvalue weighted by Gasteiger charge is -2.30. The lowest BCUT2D eigenvalue weighted by molar-refractivity contribution is -0.164. The maximum Gasteiger partial charge on any atom is 0.406 e. The average molecular weight is 492 g/mol. The summed E-state index contributed by atoms with van der Waals surface area (Å²) in [5.41, 5.74) is 0.239. The second-order valence-electron chi connectivity index (χ2n) is 7.11. The van der Waals surface area contributed by atoms with E-state index in [0.29, 0.717) is 22.6 Å². The third kappa shape index (κ3) is 5.33. The van der Waals surface area contributed by atoms with Crippen LogP contribution in [-0.2, 0) is 11.3 Å². The molecule has 0 bridgehead atoms. The number of fused-ring (bicyclic) bond motifs is 1. The van der Waals surface area contributed by atoms with Gasteiger partial charge in [0, 0.05) is 17.1 Å². The Labute approximate surface area is 178 Å². The van der Waals surface area contributed by atoms with Crippen LogP contribution in [0, 0.1) is 5.92 Å². The standard InChI is InChI=1S/C19H21BrF3N3O2S/c1-3-25-17(28)14-8-13(20)6-7-15(14)24-18(25)29-9-16(27)26(10-19(21,22)23)11(2)12-4-5-12/h6-8,11-12H,3-5,9-10H2,1-2H3. The summed E-state index contributed by atoms with van der Waals surface area (Å²) < 4.78 is 41.2. The van der Waals surface area contributed by atoms with Crippen LogP contribution in [0.1, 0.15) is 26.7 Å². The van der Waals surface area contributed by atoms with Gasteiger partial charge in [-0.1, -0.05) is 27.7 Å². The molecule has 0 spiro atoms. The van der Waals surface area contributed by atoms with Crippen LogP contribution in [-0.4, -0.2) is 44.9 Å². The van der Waals surface area contributed by atoms with E-state index in [0.717, 1.165) is 34.0 Å². The topological polar surface area (TPSA) is 55.2 Å². The van der Waals surface area contributed by atoms with Crippen molar-refractivity contribution in [2.45, 2.75) is 50.6 Å².